The van der Waals surface area contributed by atoms with Gasteiger partial charge in [0.1, 0.15) is 6.04 Å². The third-order valence-electron chi connectivity index (χ3n) is 6.08. The van der Waals surface area contributed by atoms with Gasteiger partial charge in [0.15, 0.2) is 0 Å². The van der Waals surface area contributed by atoms with Crippen LogP contribution in [-0.2, 0) is 9.59 Å². The normalized spacial score (nSPS) is 15.1. The Labute approximate surface area is 228 Å². The Kier molecular flexibility index (Phi) is 12.6. The predicted octanol–water partition coefficient (Wildman–Crippen LogP) is 0.256. The molecule has 3 rings (SSSR count). The SMILES string of the molecule is C.C[C@@H](O)[C@H](NC(=O)c1ccc(C#Cc2ccc(NC(=O)CN3CCN(CCO)CC3)cc2)cc1)C(=O)NO. The third-order valence-corrected chi connectivity index (χ3v) is 6.08. The molecule has 6 N–H and O–H groups in total. The lowest BCUT2D eigenvalue weighted by molar-refractivity contribution is -0.133. The van der Waals surface area contributed by atoms with E-state index in [9.17, 15) is 19.5 Å². The number of hydrogen-bond acceptors (Lipinski definition) is 8. The minimum absolute atomic E-state index is 0. The van der Waals surface area contributed by atoms with Gasteiger partial charge < -0.3 is 20.8 Å². The Balaban J connectivity index is 0.00000533. The molecule has 0 unspecified atom stereocenters. The third kappa shape index (κ3) is 9.79. The fourth-order valence-corrected chi connectivity index (χ4v) is 3.90. The lowest BCUT2D eigenvalue weighted by Crippen LogP contribution is -2.51. The molecule has 2 aromatic rings. The first kappa shape index (κ1) is 31.4. The number of β-amino-alcohol motifs (C(OH)–C–C–N with tert-alkyl or cyclic N) is 1. The first-order chi connectivity index (χ1) is 18.3. The number of nitrogens with zero attached hydrogens (tertiary/aromatic N) is 2. The van der Waals surface area contributed by atoms with E-state index in [2.05, 4.69) is 32.3 Å². The number of hydroxylamine groups is 1. The van der Waals surface area contributed by atoms with E-state index in [0.717, 1.165) is 31.7 Å². The van der Waals surface area contributed by atoms with Gasteiger partial charge in [-0.15, -0.1) is 0 Å². The van der Waals surface area contributed by atoms with E-state index in [-0.39, 0.29) is 25.5 Å². The Bertz CT molecular complexity index is 1150. The summed E-state index contributed by atoms with van der Waals surface area (Å²) < 4.78 is 0. The van der Waals surface area contributed by atoms with Crippen molar-refractivity contribution in [2.75, 3.05) is 51.2 Å². The number of piperazine rings is 1. The second-order valence-corrected chi connectivity index (χ2v) is 8.96. The molecule has 2 atom stereocenters. The van der Waals surface area contributed by atoms with E-state index in [1.807, 2.05) is 0 Å². The van der Waals surface area contributed by atoms with Gasteiger partial charge in [-0.25, -0.2) is 5.48 Å². The van der Waals surface area contributed by atoms with E-state index in [1.54, 1.807) is 48.5 Å². The summed E-state index contributed by atoms with van der Waals surface area (Å²) in [5, 5.41) is 32.7. The highest BCUT2D eigenvalue weighted by molar-refractivity contribution is 5.97. The van der Waals surface area contributed by atoms with Gasteiger partial charge >= 0.3 is 0 Å². The van der Waals surface area contributed by atoms with Crippen molar-refractivity contribution in [3.8, 4) is 11.8 Å². The number of benzene rings is 2. The second-order valence-electron chi connectivity index (χ2n) is 8.96. The lowest BCUT2D eigenvalue weighted by atomic mass is 10.1. The molecule has 0 spiro atoms. The summed E-state index contributed by atoms with van der Waals surface area (Å²) in [7, 11) is 0. The molecule has 1 aliphatic heterocycles. The maximum Gasteiger partial charge on any atom is 0.268 e. The van der Waals surface area contributed by atoms with Crippen molar-refractivity contribution in [1.82, 2.24) is 20.6 Å². The molecule has 0 radical (unpaired) electrons. The maximum atomic E-state index is 12.4. The van der Waals surface area contributed by atoms with Gasteiger partial charge in [-0.1, -0.05) is 19.3 Å². The number of aliphatic hydroxyl groups is 2. The molecule has 0 aliphatic carbocycles. The number of amides is 3. The van der Waals surface area contributed by atoms with Crippen LogP contribution in [-0.4, -0.2) is 101 Å². The van der Waals surface area contributed by atoms with Gasteiger partial charge in [0, 0.05) is 55.1 Å². The van der Waals surface area contributed by atoms with Crippen molar-refractivity contribution in [1.29, 1.82) is 0 Å². The topological polar surface area (TPSA) is 154 Å². The number of aliphatic hydroxyl groups excluding tert-OH is 2. The molecular weight excluding hydrogens is 502 g/mol. The Morgan fingerprint density at radius 1 is 0.923 bits per heavy atom. The van der Waals surface area contributed by atoms with Crippen molar-refractivity contribution in [3.63, 3.8) is 0 Å². The summed E-state index contributed by atoms with van der Waals surface area (Å²) in [5.41, 5.74) is 3.77. The van der Waals surface area contributed by atoms with Crippen LogP contribution < -0.4 is 16.1 Å². The maximum absolute atomic E-state index is 12.4. The Morgan fingerprint density at radius 3 is 1.97 bits per heavy atom. The molecule has 1 heterocycles. The van der Waals surface area contributed by atoms with Crippen molar-refractivity contribution in [2.45, 2.75) is 26.5 Å². The van der Waals surface area contributed by atoms with Crippen LogP contribution in [0.3, 0.4) is 0 Å². The molecule has 11 nitrogen and oxygen atoms in total. The highest BCUT2D eigenvalue weighted by atomic mass is 16.5. The molecule has 3 amide bonds. The Morgan fingerprint density at radius 2 is 1.46 bits per heavy atom. The number of nitrogens with one attached hydrogen (secondary N) is 3. The minimum Gasteiger partial charge on any atom is -0.395 e. The minimum atomic E-state index is -1.30. The van der Waals surface area contributed by atoms with Gasteiger partial charge in [0.2, 0.25) is 5.91 Å². The second kappa shape index (κ2) is 15.6. The standard InChI is InChI=1S/C27H33N5O6.CH4/c1-19(34)25(27(37)30-38)29-26(36)22-8-4-20(5-9-22)2-3-21-6-10-23(11-7-21)28-24(35)18-32-14-12-31(13-15-32)16-17-33;/h4-11,19,25,33-34,38H,12-18H2,1H3,(H,28,35)(H,29,36)(H,30,37);1H4/t19-,25+;/m1./s1. The highest BCUT2D eigenvalue weighted by Crippen LogP contribution is 2.10. The predicted molar refractivity (Wildman–Crippen MR) is 147 cm³/mol. The van der Waals surface area contributed by atoms with Crippen molar-refractivity contribution < 1.29 is 29.8 Å². The zero-order valence-corrected chi connectivity index (χ0v) is 21.2. The molecule has 2 aromatic carbocycles. The number of carbonyl (C=O) groups is 3. The summed E-state index contributed by atoms with van der Waals surface area (Å²) in [4.78, 5) is 40.6. The summed E-state index contributed by atoms with van der Waals surface area (Å²) in [6.07, 6.45) is -1.20. The van der Waals surface area contributed by atoms with E-state index in [1.165, 1.54) is 12.4 Å². The molecule has 39 heavy (non-hydrogen) atoms. The van der Waals surface area contributed by atoms with Crippen LogP contribution in [0.15, 0.2) is 48.5 Å². The molecule has 1 saturated heterocycles. The monoisotopic (exact) mass is 539 g/mol. The molecule has 0 saturated carbocycles. The number of anilines is 1. The number of carbonyl (C=O) groups excluding carboxylic acids is 3. The molecule has 11 heteroatoms. The molecular formula is C28H37N5O6. The molecule has 210 valence electrons. The van der Waals surface area contributed by atoms with Crippen molar-refractivity contribution in [3.05, 3.63) is 65.2 Å². The fraction of sp³-hybridized carbons (Fsp3) is 0.393. The van der Waals surface area contributed by atoms with Crippen molar-refractivity contribution in [2.24, 2.45) is 0 Å². The van der Waals surface area contributed by atoms with E-state index >= 15 is 0 Å². The van der Waals surface area contributed by atoms with Gasteiger partial charge in [-0.05, 0) is 55.5 Å². The van der Waals surface area contributed by atoms with Crippen LogP contribution in [0.5, 0.6) is 0 Å². The average molecular weight is 540 g/mol. The first-order valence-electron chi connectivity index (χ1n) is 12.3. The largest absolute Gasteiger partial charge is 0.395 e. The average Bonchev–Trinajstić information content (AvgIpc) is 2.92. The molecule has 1 aliphatic rings. The van der Waals surface area contributed by atoms with Crippen LogP contribution in [0, 0.1) is 11.8 Å². The van der Waals surface area contributed by atoms with Crippen LogP contribution in [0.2, 0.25) is 0 Å². The van der Waals surface area contributed by atoms with E-state index < -0.39 is 24.0 Å². The van der Waals surface area contributed by atoms with Crippen LogP contribution in [0.4, 0.5) is 5.69 Å². The Hall–Kier alpha value is -3.79. The highest BCUT2D eigenvalue weighted by Gasteiger charge is 2.25. The lowest BCUT2D eigenvalue weighted by Gasteiger charge is -2.33. The van der Waals surface area contributed by atoms with Gasteiger partial charge in [-0.3, -0.25) is 29.4 Å². The van der Waals surface area contributed by atoms with Crippen LogP contribution in [0.1, 0.15) is 35.8 Å². The quantitative estimate of drug-likeness (QED) is 0.151. The first-order valence-corrected chi connectivity index (χ1v) is 12.3. The number of rotatable bonds is 9. The molecule has 1 fully saturated rings. The molecule has 0 bridgehead atoms. The fourth-order valence-electron chi connectivity index (χ4n) is 3.90. The zero-order chi connectivity index (χ0) is 27.5. The van der Waals surface area contributed by atoms with E-state index in [4.69, 9.17) is 10.3 Å². The number of hydrogen-bond donors (Lipinski definition) is 6. The smallest absolute Gasteiger partial charge is 0.268 e. The van der Waals surface area contributed by atoms with E-state index in [0.29, 0.717) is 24.3 Å². The molecule has 0 aromatic heterocycles. The van der Waals surface area contributed by atoms with Gasteiger partial charge in [0.05, 0.1) is 19.3 Å². The van der Waals surface area contributed by atoms with Gasteiger partial charge in [-0.2, -0.15) is 0 Å². The summed E-state index contributed by atoms with van der Waals surface area (Å²) in [6, 6.07) is 12.3. The van der Waals surface area contributed by atoms with Crippen LogP contribution >= 0.6 is 0 Å². The van der Waals surface area contributed by atoms with Crippen LogP contribution in [0.25, 0.3) is 0 Å². The summed E-state index contributed by atoms with van der Waals surface area (Å²) in [5.74, 6) is 4.45. The summed E-state index contributed by atoms with van der Waals surface area (Å²) >= 11 is 0. The van der Waals surface area contributed by atoms with Gasteiger partial charge in [0.25, 0.3) is 11.8 Å². The zero-order valence-electron chi connectivity index (χ0n) is 21.2. The van der Waals surface area contributed by atoms with Crippen molar-refractivity contribution >= 4 is 23.4 Å². The summed E-state index contributed by atoms with van der Waals surface area (Å²) in [6.45, 7) is 5.70.